The van der Waals surface area contributed by atoms with Gasteiger partial charge in [0.2, 0.25) is 0 Å². The van der Waals surface area contributed by atoms with Crippen molar-refractivity contribution in [3.8, 4) is 5.75 Å². The first-order chi connectivity index (χ1) is 13.2. The molecule has 3 rings (SSSR count). The standard InChI is InChI=1S/C21H30N4OS/c1-3-22-21(23-14-16-7-4-9-18(26)13-16)24-15-17-8-5-11-25(2)20(17)19-10-6-12-27-19/h4,6-7,9-10,12-13,17,20,26H,3,5,8,11,14-15H2,1-2H3,(H2,22,23,24). The number of guanidine groups is 1. The SMILES string of the molecule is CCNC(=NCc1cccc(O)c1)NCC1CCCN(C)C1c1cccs1. The Labute approximate surface area is 166 Å². The molecule has 27 heavy (non-hydrogen) atoms. The fourth-order valence-corrected chi connectivity index (χ4v) is 4.76. The normalized spacial score (nSPS) is 21.2. The molecule has 1 aliphatic rings. The van der Waals surface area contributed by atoms with Crippen molar-refractivity contribution in [1.82, 2.24) is 15.5 Å². The molecule has 2 atom stereocenters. The Morgan fingerprint density at radius 1 is 1.30 bits per heavy atom. The maximum Gasteiger partial charge on any atom is 0.191 e. The minimum Gasteiger partial charge on any atom is -0.508 e. The van der Waals surface area contributed by atoms with Crippen molar-refractivity contribution in [2.24, 2.45) is 10.9 Å². The average molecular weight is 387 g/mol. The zero-order chi connectivity index (χ0) is 19.1. The molecule has 0 aliphatic carbocycles. The molecule has 1 aromatic carbocycles. The van der Waals surface area contributed by atoms with Crippen LogP contribution in [0.25, 0.3) is 0 Å². The molecule has 3 N–H and O–H groups in total. The molecular formula is C21H30N4OS. The number of likely N-dealkylation sites (tertiary alicyclic amines) is 1. The van der Waals surface area contributed by atoms with Crippen molar-refractivity contribution in [3.63, 3.8) is 0 Å². The highest BCUT2D eigenvalue weighted by molar-refractivity contribution is 7.10. The lowest BCUT2D eigenvalue weighted by molar-refractivity contribution is 0.125. The van der Waals surface area contributed by atoms with Gasteiger partial charge in [0.05, 0.1) is 6.54 Å². The van der Waals surface area contributed by atoms with Crippen LogP contribution >= 0.6 is 11.3 Å². The number of hydrogen-bond acceptors (Lipinski definition) is 4. The van der Waals surface area contributed by atoms with E-state index in [1.54, 1.807) is 12.1 Å². The predicted molar refractivity (Wildman–Crippen MR) is 113 cm³/mol. The van der Waals surface area contributed by atoms with Crippen LogP contribution in [0.5, 0.6) is 5.75 Å². The maximum absolute atomic E-state index is 9.62. The summed E-state index contributed by atoms with van der Waals surface area (Å²) in [5.74, 6) is 1.68. The monoisotopic (exact) mass is 386 g/mol. The summed E-state index contributed by atoms with van der Waals surface area (Å²) < 4.78 is 0. The number of phenols is 1. The molecule has 2 unspecified atom stereocenters. The van der Waals surface area contributed by atoms with Gasteiger partial charge in [-0.25, -0.2) is 4.99 Å². The van der Waals surface area contributed by atoms with E-state index in [1.165, 1.54) is 17.7 Å². The van der Waals surface area contributed by atoms with Crippen LogP contribution in [0, 0.1) is 5.92 Å². The molecule has 146 valence electrons. The Hall–Kier alpha value is -2.05. The Morgan fingerprint density at radius 2 is 2.19 bits per heavy atom. The van der Waals surface area contributed by atoms with Crippen LogP contribution < -0.4 is 10.6 Å². The van der Waals surface area contributed by atoms with E-state index in [1.807, 2.05) is 23.5 Å². The summed E-state index contributed by atoms with van der Waals surface area (Å²) in [6, 6.07) is 12.1. The van der Waals surface area contributed by atoms with E-state index in [2.05, 4.69) is 52.0 Å². The lowest BCUT2D eigenvalue weighted by Gasteiger charge is -2.39. The summed E-state index contributed by atoms with van der Waals surface area (Å²) in [6.07, 6.45) is 2.47. The number of aromatic hydroxyl groups is 1. The Morgan fingerprint density at radius 3 is 2.93 bits per heavy atom. The van der Waals surface area contributed by atoms with E-state index in [0.29, 0.717) is 18.5 Å². The van der Waals surface area contributed by atoms with Crippen LogP contribution in [0.15, 0.2) is 46.8 Å². The number of nitrogens with one attached hydrogen (secondary N) is 2. The van der Waals surface area contributed by atoms with E-state index in [9.17, 15) is 5.11 Å². The highest BCUT2D eigenvalue weighted by Gasteiger charge is 2.31. The minimum absolute atomic E-state index is 0.282. The molecule has 2 heterocycles. The highest BCUT2D eigenvalue weighted by Crippen LogP contribution is 2.36. The Kier molecular flexibility index (Phi) is 7.12. The van der Waals surface area contributed by atoms with E-state index in [4.69, 9.17) is 0 Å². The summed E-state index contributed by atoms with van der Waals surface area (Å²) in [6.45, 7) is 5.51. The lowest BCUT2D eigenvalue weighted by Crippen LogP contribution is -2.44. The second-order valence-electron chi connectivity index (χ2n) is 7.09. The smallest absolute Gasteiger partial charge is 0.191 e. The van der Waals surface area contributed by atoms with Crippen LogP contribution in [0.4, 0.5) is 0 Å². The maximum atomic E-state index is 9.62. The van der Waals surface area contributed by atoms with Crippen LogP contribution in [-0.4, -0.2) is 42.6 Å². The Balaban J connectivity index is 1.64. The molecule has 0 saturated carbocycles. The first kappa shape index (κ1) is 19.7. The van der Waals surface area contributed by atoms with Gasteiger partial charge in [-0.15, -0.1) is 11.3 Å². The van der Waals surface area contributed by atoms with Crippen molar-refractivity contribution in [1.29, 1.82) is 0 Å². The molecule has 0 amide bonds. The second kappa shape index (κ2) is 9.76. The summed E-state index contributed by atoms with van der Waals surface area (Å²) in [4.78, 5) is 8.62. The van der Waals surface area contributed by atoms with E-state index in [-0.39, 0.29) is 5.75 Å². The molecule has 5 nitrogen and oxygen atoms in total. The number of phenolic OH excluding ortho intramolecular Hbond substituents is 1. The van der Waals surface area contributed by atoms with Gasteiger partial charge in [0.25, 0.3) is 0 Å². The summed E-state index contributed by atoms with van der Waals surface area (Å²) in [5.41, 5.74) is 1.00. The van der Waals surface area contributed by atoms with E-state index in [0.717, 1.165) is 31.2 Å². The minimum atomic E-state index is 0.282. The van der Waals surface area contributed by atoms with Gasteiger partial charge in [0.1, 0.15) is 5.75 Å². The molecule has 1 fully saturated rings. The molecule has 0 radical (unpaired) electrons. The van der Waals surface area contributed by atoms with Gasteiger partial charge >= 0.3 is 0 Å². The molecular weight excluding hydrogens is 356 g/mol. The van der Waals surface area contributed by atoms with Gasteiger partial charge in [-0.05, 0) is 68.4 Å². The number of thiophene rings is 1. The van der Waals surface area contributed by atoms with Gasteiger partial charge in [-0.1, -0.05) is 18.2 Å². The van der Waals surface area contributed by atoms with E-state index < -0.39 is 0 Å². The van der Waals surface area contributed by atoms with Crippen LogP contribution in [0.1, 0.15) is 36.2 Å². The van der Waals surface area contributed by atoms with Crippen molar-refractivity contribution in [2.75, 3.05) is 26.7 Å². The van der Waals surface area contributed by atoms with Crippen molar-refractivity contribution < 1.29 is 5.11 Å². The highest BCUT2D eigenvalue weighted by atomic mass is 32.1. The molecule has 0 spiro atoms. The molecule has 1 aromatic heterocycles. The zero-order valence-electron chi connectivity index (χ0n) is 16.2. The number of rotatable bonds is 6. The summed E-state index contributed by atoms with van der Waals surface area (Å²) in [5, 5.41) is 18.7. The fraction of sp³-hybridized carbons (Fsp3) is 0.476. The van der Waals surface area contributed by atoms with Gasteiger partial charge in [0.15, 0.2) is 5.96 Å². The molecule has 0 bridgehead atoms. The number of benzene rings is 1. The van der Waals surface area contributed by atoms with Gasteiger partial charge in [0, 0.05) is 24.0 Å². The molecule has 6 heteroatoms. The Bertz CT molecular complexity index is 732. The van der Waals surface area contributed by atoms with Crippen LogP contribution in [0.2, 0.25) is 0 Å². The quantitative estimate of drug-likeness (QED) is 0.524. The van der Waals surface area contributed by atoms with Gasteiger partial charge < -0.3 is 15.7 Å². The largest absolute Gasteiger partial charge is 0.508 e. The van der Waals surface area contributed by atoms with E-state index >= 15 is 0 Å². The average Bonchev–Trinajstić information content (AvgIpc) is 3.18. The third-order valence-corrected chi connectivity index (χ3v) is 5.99. The fourth-order valence-electron chi connectivity index (χ4n) is 3.78. The van der Waals surface area contributed by atoms with Crippen molar-refractivity contribution >= 4 is 17.3 Å². The van der Waals surface area contributed by atoms with Crippen LogP contribution in [0.3, 0.4) is 0 Å². The zero-order valence-corrected chi connectivity index (χ0v) is 17.0. The second-order valence-corrected chi connectivity index (χ2v) is 8.07. The van der Waals surface area contributed by atoms with Gasteiger partial charge in [-0.3, -0.25) is 4.90 Å². The first-order valence-electron chi connectivity index (χ1n) is 9.71. The third-order valence-electron chi connectivity index (χ3n) is 5.05. The van der Waals surface area contributed by atoms with Crippen molar-refractivity contribution in [2.45, 2.75) is 32.4 Å². The van der Waals surface area contributed by atoms with Gasteiger partial charge in [-0.2, -0.15) is 0 Å². The predicted octanol–water partition coefficient (Wildman–Crippen LogP) is 3.59. The summed E-state index contributed by atoms with van der Waals surface area (Å²) in [7, 11) is 2.23. The van der Waals surface area contributed by atoms with Crippen LogP contribution in [-0.2, 0) is 6.54 Å². The number of hydrogen-bond donors (Lipinski definition) is 3. The molecule has 1 saturated heterocycles. The first-order valence-corrected chi connectivity index (χ1v) is 10.6. The summed E-state index contributed by atoms with van der Waals surface area (Å²) >= 11 is 1.85. The third kappa shape index (κ3) is 5.47. The van der Waals surface area contributed by atoms with Crippen molar-refractivity contribution in [3.05, 3.63) is 52.2 Å². The lowest BCUT2D eigenvalue weighted by atomic mass is 9.88. The number of nitrogens with zero attached hydrogens (tertiary/aromatic N) is 2. The number of piperidine rings is 1. The number of aliphatic imine (C=N–C) groups is 1. The molecule has 1 aliphatic heterocycles. The topological polar surface area (TPSA) is 59.9 Å². The molecule has 2 aromatic rings.